The average Bonchev–Trinajstić information content (AvgIpc) is 3.04. The van der Waals surface area contributed by atoms with Crippen molar-refractivity contribution in [3.63, 3.8) is 0 Å². The van der Waals surface area contributed by atoms with Crippen LogP contribution in [0.2, 0.25) is 0 Å². The van der Waals surface area contributed by atoms with Crippen LogP contribution in [0, 0.1) is 0 Å². The fourth-order valence-corrected chi connectivity index (χ4v) is 3.34. The third-order valence-corrected chi connectivity index (χ3v) is 4.95. The molecule has 1 atom stereocenters. The number of fused-ring (bicyclic) bond motifs is 1. The van der Waals surface area contributed by atoms with Crippen LogP contribution in [0.25, 0.3) is 11.2 Å². The lowest BCUT2D eigenvalue weighted by Gasteiger charge is -2.12. The molecule has 0 amide bonds. The summed E-state index contributed by atoms with van der Waals surface area (Å²) in [5.74, 6) is -0.238. The number of hydrogen-bond acceptors (Lipinski definition) is 7. The summed E-state index contributed by atoms with van der Waals surface area (Å²) in [6.07, 6.45) is 2.13. The standard InChI is InChI=1S/C17H19N5O2S/c1-3-13(17(23)24-4-2)25-16-14-15(18-11-19-16)22(21-20-14)10-12-8-6-5-7-9-12/h5-9,11,13H,3-4,10H2,1-2H3/t13-/m0/s1. The second-order valence-corrected chi connectivity index (χ2v) is 6.54. The van der Waals surface area contributed by atoms with Crippen LogP contribution in [-0.2, 0) is 16.1 Å². The number of ether oxygens (including phenoxy) is 1. The highest BCUT2D eigenvalue weighted by molar-refractivity contribution is 8.00. The SMILES string of the molecule is CCOC(=O)[C@H](CC)Sc1ncnc2c1nnn2Cc1ccccc1. The molecule has 1 aromatic carbocycles. The minimum absolute atomic E-state index is 0.238. The van der Waals surface area contributed by atoms with Crippen molar-refractivity contribution in [1.29, 1.82) is 0 Å². The molecule has 0 fully saturated rings. The van der Waals surface area contributed by atoms with Crippen molar-refractivity contribution in [1.82, 2.24) is 25.0 Å². The van der Waals surface area contributed by atoms with E-state index in [2.05, 4.69) is 20.3 Å². The van der Waals surface area contributed by atoms with Crippen LogP contribution in [-0.4, -0.2) is 42.8 Å². The summed E-state index contributed by atoms with van der Waals surface area (Å²) in [5.41, 5.74) is 2.37. The molecule has 2 aromatic heterocycles. The Bertz CT molecular complexity index is 853. The molecule has 25 heavy (non-hydrogen) atoms. The maximum Gasteiger partial charge on any atom is 0.319 e. The highest BCUT2D eigenvalue weighted by Crippen LogP contribution is 2.29. The maximum absolute atomic E-state index is 12.0. The van der Waals surface area contributed by atoms with E-state index in [4.69, 9.17) is 4.74 Å². The Balaban J connectivity index is 1.87. The lowest BCUT2D eigenvalue weighted by molar-refractivity contribution is -0.142. The van der Waals surface area contributed by atoms with E-state index < -0.39 is 0 Å². The second-order valence-electron chi connectivity index (χ2n) is 5.35. The Morgan fingerprint density at radius 1 is 1.24 bits per heavy atom. The molecule has 130 valence electrons. The fourth-order valence-electron chi connectivity index (χ4n) is 2.39. The fraction of sp³-hybridized carbons (Fsp3) is 0.353. The van der Waals surface area contributed by atoms with Crippen molar-refractivity contribution >= 4 is 28.9 Å². The Morgan fingerprint density at radius 3 is 2.76 bits per heavy atom. The Labute approximate surface area is 149 Å². The molecule has 0 bridgehead atoms. The van der Waals surface area contributed by atoms with E-state index in [9.17, 15) is 4.79 Å². The number of carbonyl (C=O) groups is 1. The summed E-state index contributed by atoms with van der Waals surface area (Å²) in [5, 5.41) is 8.74. The van der Waals surface area contributed by atoms with E-state index in [0.717, 1.165) is 5.56 Å². The smallest absolute Gasteiger partial charge is 0.319 e. The van der Waals surface area contributed by atoms with Gasteiger partial charge in [0.05, 0.1) is 13.2 Å². The van der Waals surface area contributed by atoms with Gasteiger partial charge in [-0.2, -0.15) is 0 Å². The molecule has 0 unspecified atom stereocenters. The highest BCUT2D eigenvalue weighted by atomic mass is 32.2. The first-order chi connectivity index (χ1) is 12.2. The van der Waals surface area contributed by atoms with Crippen molar-refractivity contribution in [2.75, 3.05) is 6.61 Å². The predicted octanol–water partition coefficient (Wildman–Crippen LogP) is 2.70. The summed E-state index contributed by atoms with van der Waals surface area (Å²) in [6, 6.07) is 9.99. The lowest BCUT2D eigenvalue weighted by Crippen LogP contribution is -2.19. The number of hydrogen-bond donors (Lipinski definition) is 0. The number of nitrogens with zero attached hydrogens (tertiary/aromatic N) is 5. The molecule has 3 rings (SSSR count). The summed E-state index contributed by atoms with van der Waals surface area (Å²) in [7, 11) is 0. The van der Waals surface area contributed by atoms with Gasteiger partial charge < -0.3 is 4.74 Å². The van der Waals surface area contributed by atoms with Crippen LogP contribution in [0.4, 0.5) is 0 Å². The normalized spacial score (nSPS) is 12.2. The van der Waals surface area contributed by atoms with E-state index in [-0.39, 0.29) is 11.2 Å². The number of carbonyl (C=O) groups excluding carboxylic acids is 1. The second kappa shape index (κ2) is 8.06. The Morgan fingerprint density at radius 2 is 2.04 bits per heavy atom. The van der Waals surface area contributed by atoms with Gasteiger partial charge in [0.25, 0.3) is 0 Å². The molecule has 0 N–H and O–H groups in total. The van der Waals surface area contributed by atoms with Gasteiger partial charge in [0.2, 0.25) is 0 Å². The number of benzene rings is 1. The first-order valence-electron chi connectivity index (χ1n) is 8.14. The van der Waals surface area contributed by atoms with E-state index in [1.807, 2.05) is 37.3 Å². The molecule has 0 radical (unpaired) electrons. The molecule has 0 saturated carbocycles. The predicted molar refractivity (Wildman–Crippen MR) is 95.2 cm³/mol. The summed E-state index contributed by atoms with van der Waals surface area (Å²) in [6.45, 7) is 4.68. The minimum Gasteiger partial charge on any atom is -0.465 e. The molecule has 0 aliphatic heterocycles. The molecular weight excluding hydrogens is 338 g/mol. The topological polar surface area (TPSA) is 82.8 Å². The number of aromatic nitrogens is 5. The van der Waals surface area contributed by atoms with Gasteiger partial charge in [0, 0.05) is 0 Å². The van der Waals surface area contributed by atoms with Gasteiger partial charge in [-0.3, -0.25) is 4.79 Å². The van der Waals surface area contributed by atoms with Crippen molar-refractivity contribution in [2.24, 2.45) is 0 Å². The summed E-state index contributed by atoms with van der Waals surface area (Å²) >= 11 is 1.34. The average molecular weight is 357 g/mol. The van der Waals surface area contributed by atoms with Gasteiger partial charge in [0.15, 0.2) is 11.2 Å². The third-order valence-electron chi connectivity index (χ3n) is 3.62. The molecule has 0 aliphatic rings. The highest BCUT2D eigenvalue weighted by Gasteiger charge is 2.22. The molecule has 0 aliphatic carbocycles. The van der Waals surface area contributed by atoms with Gasteiger partial charge >= 0.3 is 5.97 Å². The van der Waals surface area contributed by atoms with Gasteiger partial charge in [-0.1, -0.05) is 54.2 Å². The van der Waals surface area contributed by atoms with E-state index in [0.29, 0.717) is 35.8 Å². The van der Waals surface area contributed by atoms with Gasteiger partial charge in [0.1, 0.15) is 16.6 Å². The summed E-state index contributed by atoms with van der Waals surface area (Å²) in [4.78, 5) is 20.6. The number of rotatable bonds is 7. The number of thioether (sulfide) groups is 1. The molecular formula is C17H19N5O2S. The third kappa shape index (κ3) is 3.96. The number of esters is 1. The van der Waals surface area contributed by atoms with Crippen molar-refractivity contribution in [3.8, 4) is 0 Å². The van der Waals surface area contributed by atoms with Crippen LogP contribution >= 0.6 is 11.8 Å². The molecule has 7 nitrogen and oxygen atoms in total. The van der Waals surface area contributed by atoms with E-state index >= 15 is 0 Å². The Kier molecular flexibility index (Phi) is 5.60. The molecule has 8 heteroatoms. The van der Waals surface area contributed by atoms with Crippen LogP contribution in [0.5, 0.6) is 0 Å². The van der Waals surface area contributed by atoms with Crippen molar-refractivity contribution in [2.45, 2.75) is 37.1 Å². The van der Waals surface area contributed by atoms with Crippen LogP contribution in [0.1, 0.15) is 25.8 Å². The minimum atomic E-state index is -0.322. The van der Waals surface area contributed by atoms with Crippen LogP contribution in [0.15, 0.2) is 41.7 Å². The van der Waals surface area contributed by atoms with Gasteiger partial charge in [-0.05, 0) is 18.9 Å². The van der Waals surface area contributed by atoms with Crippen LogP contribution in [0.3, 0.4) is 0 Å². The zero-order chi connectivity index (χ0) is 17.6. The lowest BCUT2D eigenvalue weighted by atomic mass is 10.2. The maximum atomic E-state index is 12.0. The van der Waals surface area contributed by atoms with Crippen LogP contribution < -0.4 is 0 Å². The van der Waals surface area contributed by atoms with Crippen molar-refractivity contribution in [3.05, 3.63) is 42.2 Å². The Hall–Kier alpha value is -2.48. The molecule has 3 aromatic rings. The monoisotopic (exact) mass is 357 g/mol. The summed E-state index contributed by atoms with van der Waals surface area (Å²) < 4.78 is 6.86. The quantitative estimate of drug-likeness (QED) is 0.365. The molecule has 0 spiro atoms. The largest absolute Gasteiger partial charge is 0.465 e. The molecule has 2 heterocycles. The molecule has 0 saturated heterocycles. The van der Waals surface area contributed by atoms with Gasteiger partial charge in [-0.15, -0.1) is 5.10 Å². The first kappa shape index (κ1) is 17.3. The van der Waals surface area contributed by atoms with Gasteiger partial charge in [-0.25, -0.2) is 14.6 Å². The van der Waals surface area contributed by atoms with E-state index in [1.165, 1.54) is 18.1 Å². The zero-order valence-electron chi connectivity index (χ0n) is 14.1. The zero-order valence-corrected chi connectivity index (χ0v) is 14.9. The van der Waals surface area contributed by atoms with Crippen molar-refractivity contribution < 1.29 is 9.53 Å². The van der Waals surface area contributed by atoms with E-state index in [1.54, 1.807) is 11.6 Å². The first-order valence-corrected chi connectivity index (χ1v) is 9.02.